The van der Waals surface area contributed by atoms with Gasteiger partial charge in [0, 0.05) is 10.9 Å². The van der Waals surface area contributed by atoms with Crippen molar-refractivity contribution in [3.8, 4) is 0 Å². The summed E-state index contributed by atoms with van der Waals surface area (Å²) in [5.74, 6) is -0.446. The van der Waals surface area contributed by atoms with Crippen LogP contribution in [-0.2, 0) is 0 Å². The van der Waals surface area contributed by atoms with E-state index in [4.69, 9.17) is 11.6 Å². The van der Waals surface area contributed by atoms with Crippen molar-refractivity contribution in [2.24, 2.45) is 0 Å². The molecular formula is C16H10ClFOS. The molecule has 100 valence electrons. The summed E-state index contributed by atoms with van der Waals surface area (Å²) >= 11 is 7.26. The number of carbonyl (C=O) groups excluding carboxylic acids is 1. The van der Waals surface area contributed by atoms with Crippen LogP contribution < -0.4 is 0 Å². The summed E-state index contributed by atoms with van der Waals surface area (Å²) in [5.41, 5.74) is 1.38. The normalized spacial score (nSPS) is 10.9. The maximum atomic E-state index is 13.8. The molecule has 0 fully saturated rings. The van der Waals surface area contributed by atoms with Gasteiger partial charge in [-0.2, -0.15) is 0 Å². The molecule has 0 saturated carbocycles. The summed E-state index contributed by atoms with van der Waals surface area (Å²) in [7, 11) is 0. The largest absolute Gasteiger partial charge is 0.288 e. The van der Waals surface area contributed by atoms with E-state index in [1.54, 1.807) is 30.3 Å². The van der Waals surface area contributed by atoms with E-state index in [1.807, 2.05) is 6.92 Å². The number of hydrogen-bond acceptors (Lipinski definition) is 2. The Labute approximate surface area is 124 Å². The van der Waals surface area contributed by atoms with E-state index in [1.165, 1.54) is 23.5 Å². The summed E-state index contributed by atoms with van der Waals surface area (Å²) < 4.78 is 14.4. The number of rotatable bonds is 2. The predicted octanol–water partition coefficient (Wildman–Crippen LogP) is 5.23. The zero-order valence-electron chi connectivity index (χ0n) is 10.6. The smallest absolute Gasteiger partial charge is 0.203 e. The third-order valence-electron chi connectivity index (χ3n) is 3.20. The van der Waals surface area contributed by atoms with Gasteiger partial charge in [-0.3, -0.25) is 4.79 Å². The van der Waals surface area contributed by atoms with Crippen LogP contribution in [0.1, 0.15) is 20.8 Å². The van der Waals surface area contributed by atoms with Crippen molar-refractivity contribution < 1.29 is 9.18 Å². The Balaban J connectivity index is 2.20. The van der Waals surface area contributed by atoms with Crippen LogP contribution in [0.2, 0.25) is 4.34 Å². The monoisotopic (exact) mass is 304 g/mol. The van der Waals surface area contributed by atoms with Gasteiger partial charge in [-0.15, -0.1) is 11.3 Å². The third kappa shape index (κ3) is 2.13. The Hall–Kier alpha value is -1.71. The van der Waals surface area contributed by atoms with Gasteiger partial charge < -0.3 is 0 Å². The summed E-state index contributed by atoms with van der Waals surface area (Å²) in [6.45, 7) is 1.86. The molecule has 0 aliphatic carbocycles. The van der Waals surface area contributed by atoms with Crippen molar-refractivity contribution in [3.63, 3.8) is 0 Å². The predicted molar refractivity (Wildman–Crippen MR) is 81.4 cm³/mol. The average molecular weight is 305 g/mol. The molecule has 0 aliphatic rings. The number of fused-ring (bicyclic) bond motifs is 1. The second kappa shape index (κ2) is 5.00. The standard InChI is InChI=1S/C16H10ClFOS/c1-9-8-14(20-16(9)17)15(19)12-6-7-13(18)11-5-3-2-4-10(11)12/h2-8H,1H3. The summed E-state index contributed by atoms with van der Waals surface area (Å²) in [6, 6.07) is 11.6. The van der Waals surface area contributed by atoms with Gasteiger partial charge in [0.25, 0.3) is 0 Å². The second-order valence-corrected chi connectivity index (χ2v) is 6.19. The van der Waals surface area contributed by atoms with Crippen LogP contribution >= 0.6 is 22.9 Å². The second-order valence-electron chi connectivity index (χ2n) is 4.54. The van der Waals surface area contributed by atoms with Gasteiger partial charge in [-0.25, -0.2) is 4.39 Å². The van der Waals surface area contributed by atoms with E-state index in [-0.39, 0.29) is 11.6 Å². The van der Waals surface area contributed by atoms with E-state index < -0.39 is 0 Å². The first-order valence-electron chi connectivity index (χ1n) is 6.06. The van der Waals surface area contributed by atoms with E-state index >= 15 is 0 Å². The Morgan fingerprint density at radius 1 is 1.15 bits per heavy atom. The van der Waals surface area contributed by atoms with Crippen LogP contribution in [0.25, 0.3) is 10.8 Å². The number of benzene rings is 2. The van der Waals surface area contributed by atoms with Gasteiger partial charge in [0.05, 0.1) is 9.21 Å². The van der Waals surface area contributed by atoms with Crippen LogP contribution in [0.15, 0.2) is 42.5 Å². The van der Waals surface area contributed by atoms with Gasteiger partial charge in [0.2, 0.25) is 5.78 Å². The molecule has 0 unspecified atom stereocenters. The van der Waals surface area contributed by atoms with Gasteiger partial charge in [-0.1, -0.05) is 35.9 Å². The molecule has 3 aromatic rings. The van der Waals surface area contributed by atoms with Crippen molar-refractivity contribution in [1.82, 2.24) is 0 Å². The molecule has 1 aromatic heterocycles. The first kappa shape index (κ1) is 13.3. The maximum Gasteiger partial charge on any atom is 0.203 e. The maximum absolute atomic E-state index is 13.8. The van der Waals surface area contributed by atoms with Crippen molar-refractivity contribution in [2.75, 3.05) is 0 Å². The number of hydrogen-bond donors (Lipinski definition) is 0. The minimum Gasteiger partial charge on any atom is -0.288 e. The third-order valence-corrected chi connectivity index (χ3v) is 4.75. The minimum absolute atomic E-state index is 0.124. The van der Waals surface area contributed by atoms with E-state index in [2.05, 4.69) is 0 Å². The number of thiophene rings is 1. The number of ketones is 1. The highest BCUT2D eigenvalue weighted by atomic mass is 35.5. The molecule has 0 atom stereocenters. The summed E-state index contributed by atoms with van der Waals surface area (Å²) in [6.07, 6.45) is 0. The molecule has 0 N–H and O–H groups in total. The number of aryl methyl sites for hydroxylation is 1. The Bertz CT molecular complexity index is 803. The molecule has 0 spiro atoms. The van der Waals surface area contributed by atoms with Crippen molar-refractivity contribution in [2.45, 2.75) is 6.92 Å². The van der Waals surface area contributed by atoms with E-state index in [0.29, 0.717) is 25.5 Å². The SMILES string of the molecule is Cc1cc(C(=O)c2ccc(F)c3ccccc23)sc1Cl. The number of halogens is 2. The Morgan fingerprint density at radius 2 is 1.85 bits per heavy atom. The quantitative estimate of drug-likeness (QED) is 0.592. The van der Waals surface area contributed by atoms with Crippen LogP contribution in [-0.4, -0.2) is 5.78 Å². The van der Waals surface area contributed by atoms with E-state index in [0.717, 1.165) is 5.56 Å². The molecule has 0 amide bonds. The highest BCUT2D eigenvalue weighted by Gasteiger charge is 2.17. The van der Waals surface area contributed by atoms with E-state index in [9.17, 15) is 9.18 Å². The van der Waals surface area contributed by atoms with Gasteiger partial charge in [-0.05, 0) is 36.1 Å². The van der Waals surface area contributed by atoms with Crippen molar-refractivity contribution in [1.29, 1.82) is 0 Å². The lowest BCUT2D eigenvalue weighted by molar-refractivity contribution is 0.104. The van der Waals surface area contributed by atoms with Gasteiger partial charge >= 0.3 is 0 Å². The highest BCUT2D eigenvalue weighted by molar-refractivity contribution is 7.18. The first-order valence-corrected chi connectivity index (χ1v) is 7.25. The molecule has 1 heterocycles. The number of carbonyl (C=O) groups is 1. The molecule has 20 heavy (non-hydrogen) atoms. The Kier molecular flexibility index (Phi) is 3.32. The van der Waals surface area contributed by atoms with Crippen LogP contribution in [0, 0.1) is 12.7 Å². The fourth-order valence-electron chi connectivity index (χ4n) is 2.16. The zero-order chi connectivity index (χ0) is 14.3. The van der Waals surface area contributed by atoms with Crippen molar-refractivity contribution in [3.05, 3.63) is 68.6 Å². The van der Waals surface area contributed by atoms with Crippen LogP contribution in [0.3, 0.4) is 0 Å². The molecule has 0 bridgehead atoms. The van der Waals surface area contributed by atoms with Crippen molar-refractivity contribution >= 4 is 39.5 Å². The van der Waals surface area contributed by atoms with Gasteiger partial charge in [0.15, 0.2) is 0 Å². The molecule has 4 heteroatoms. The average Bonchev–Trinajstić information content (AvgIpc) is 2.79. The molecule has 0 radical (unpaired) electrons. The lowest BCUT2D eigenvalue weighted by atomic mass is 10.00. The topological polar surface area (TPSA) is 17.1 Å². The molecule has 0 aliphatic heterocycles. The zero-order valence-corrected chi connectivity index (χ0v) is 12.2. The molecule has 0 saturated heterocycles. The fourth-order valence-corrected chi connectivity index (χ4v) is 3.32. The molecule has 1 nitrogen and oxygen atoms in total. The summed E-state index contributed by atoms with van der Waals surface area (Å²) in [4.78, 5) is 13.1. The van der Waals surface area contributed by atoms with Crippen LogP contribution in [0.4, 0.5) is 4.39 Å². The Morgan fingerprint density at radius 3 is 2.50 bits per heavy atom. The lowest BCUT2D eigenvalue weighted by Crippen LogP contribution is -2.00. The minimum atomic E-state index is -0.322. The van der Waals surface area contributed by atoms with Crippen LogP contribution in [0.5, 0.6) is 0 Å². The lowest BCUT2D eigenvalue weighted by Gasteiger charge is -2.05. The first-order chi connectivity index (χ1) is 9.58. The summed E-state index contributed by atoms with van der Waals surface area (Å²) in [5, 5.41) is 1.08. The molecule has 3 rings (SSSR count). The molecule has 2 aromatic carbocycles. The van der Waals surface area contributed by atoms with Gasteiger partial charge in [0.1, 0.15) is 5.82 Å². The fraction of sp³-hybridized carbons (Fsp3) is 0.0625. The highest BCUT2D eigenvalue weighted by Crippen LogP contribution is 2.30. The molecular weight excluding hydrogens is 295 g/mol.